The molecule has 5 rings (SSSR count). The number of tetrazole rings is 1. The van der Waals surface area contributed by atoms with E-state index in [9.17, 15) is 9.59 Å². The van der Waals surface area contributed by atoms with Crippen molar-refractivity contribution >= 4 is 21.8 Å². The summed E-state index contributed by atoms with van der Waals surface area (Å²) in [6.07, 6.45) is 6.42. The van der Waals surface area contributed by atoms with E-state index in [2.05, 4.69) is 25.4 Å². The van der Waals surface area contributed by atoms with Crippen molar-refractivity contribution in [3.8, 4) is 0 Å². The van der Waals surface area contributed by atoms with Gasteiger partial charge in [-0.05, 0) is 37.1 Å². The van der Waals surface area contributed by atoms with Gasteiger partial charge in [0.05, 0.1) is 47.0 Å². The number of nitrogens with zero attached hydrogens (tertiary/aromatic N) is 8. The first-order valence-electron chi connectivity index (χ1n) is 8.74. The third-order valence-corrected chi connectivity index (χ3v) is 4.92. The summed E-state index contributed by atoms with van der Waals surface area (Å²) in [5.41, 5.74) is 0.720. The normalized spacial score (nSPS) is 15.4. The van der Waals surface area contributed by atoms with Crippen LogP contribution in [0, 0.1) is 0 Å². The van der Waals surface area contributed by atoms with Crippen LogP contribution in [-0.2, 0) is 6.54 Å². The average Bonchev–Trinajstić information content (AvgIpc) is 3.38. The summed E-state index contributed by atoms with van der Waals surface area (Å²) in [7, 11) is 0. The molecule has 0 unspecified atom stereocenters. The van der Waals surface area contributed by atoms with Gasteiger partial charge in [-0.15, -0.1) is 10.2 Å². The predicted octanol–water partition coefficient (Wildman–Crippen LogP) is 0.689. The lowest BCUT2D eigenvalue weighted by Gasteiger charge is -2.14. The predicted molar refractivity (Wildman–Crippen MR) is 96.4 cm³/mol. The molecule has 1 atom stereocenters. The van der Waals surface area contributed by atoms with E-state index < -0.39 is 0 Å². The van der Waals surface area contributed by atoms with Crippen molar-refractivity contribution in [2.24, 2.45) is 0 Å². The molecule has 0 spiro atoms. The maximum atomic E-state index is 13.0. The molecule has 1 aliphatic carbocycles. The van der Waals surface area contributed by atoms with E-state index in [0.717, 1.165) is 12.8 Å². The summed E-state index contributed by atoms with van der Waals surface area (Å²) in [6.45, 7) is 2.27. The first-order chi connectivity index (χ1) is 13.1. The van der Waals surface area contributed by atoms with E-state index in [1.807, 2.05) is 6.92 Å². The van der Waals surface area contributed by atoms with Crippen LogP contribution >= 0.6 is 0 Å². The van der Waals surface area contributed by atoms with Crippen molar-refractivity contribution in [2.45, 2.75) is 38.4 Å². The minimum Gasteiger partial charge on any atom is -0.296 e. The van der Waals surface area contributed by atoms with Crippen LogP contribution in [0.3, 0.4) is 0 Å². The lowest BCUT2D eigenvalue weighted by Crippen LogP contribution is -2.27. The second kappa shape index (κ2) is 5.79. The molecule has 0 saturated heterocycles. The molecule has 0 bridgehead atoms. The van der Waals surface area contributed by atoms with E-state index in [1.165, 1.54) is 22.0 Å². The van der Waals surface area contributed by atoms with Crippen LogP contribution in [0.1, 0.15) is 31.8 Å². The van der Waals surface area contributed by atoms with Crippen molar-refractivity contribution in [1.29, 1.82) is 0 Å². The van der Waals surface area contributed by atoms with E-state index in [4.69, 9.17) is 0 Å². The molecule has 3 aromatic heterocycles. The highest BCUT2D eigenvalue weighted by molar-refractivity contribution is 5.93. The van der Waals surface area contributed by atoms with Gasteiger partial charge in [-0.25, -0.2) is 9.97 Å². The van der Waals surface area contributed by atoms with Gasteiger partial charge in [-0.1, -0.05) is 0 Å². The minimum atomic E-state index is -0.213. The lowest BCUT2D eigenvalue weighted by molar-refractivity contribution is 0.389. The van der Waals surface area contributed by atoms with Gasteiger partial charge in [-0.3, -0.25) is 18.7 Å². The molecule has 3 heterocycles. The number of fused-ring (bicyclic) bond motifs is 2. The van der Waals surface area contributed by atoms with Crippen molar-refractivity contribution in [3.63, 3.8) is 0 Å². The maximum Gasteiger partial charge on any atom is 0.261 e. The van der Waals surface area contributed by atoms with E-state index in [0.29, 0.717) is 28.4 Å². The molecule has 10 nitrogen and oxygen atoms in total. The van der Waals surface area contributed by atoms with Crippen LogP contribution in [0.5, 0.6) is 0 Å². The van der Waals surface area contributed by atoms with E-state index >= 15 is 0 Å². The topological polar surface area (TPSA) is 113 Å². The maximum absolute atomic E-state index is 13.0. The summed E-state index contributed by atoms with van der Waals surface area (Å²) < 4.78 is 3.20. The first-order valence-corrected chi connectivity index (χ1v) is 8.74. The zero-order valence-corrected chi connectivity index (χ0v) is 14.6. The Morgan fingerprint density at radius 2 is 1.78 bits per heavy atom. The summed E-state index contributed by atoms with van der Waals surface area (Å²) in [4.78, 5) is 35.8. The van der Waals surface area contributed by atoms with Crippen LogP contribution in [0.2, 0.25) is 0 Å². The smallest absolute Gasteiger partial charge is 0.261 e. The minimum absolute atomic E-state index is 0.0824. The van der Waals surface area contributed by atoms with Crippen LogP contribution < -0.4 is 11.1 Å². The molecule has 0 amide bonds. The molecule has 0 aliphatic heterocycles. The monoisotopic (exact) mass is 364 g/mol. The van der Waals surface area contributed by atoms with Gasteiger partial charge in [0.25, 0.3) is 11.1 Å². The molecule has 1 aliphatic rings. The molecule has 136 valence electrons. The fourth-order valence-electron chi connectivity index (χ4n) is 3.29. The highest BCUT2D eigenvalue weighted by Gasteiger charge is 2.25. The summed E-state index contributed by atoms with van der Waals surface area (Å²) >= 11 is 0. The Kier molecular flexibility index (Phi) is 3.39. The molecule has 4 aromatic rings. The van der Waals surface area contributed by atoms with Crippen molar-refractivity contribution < 1.29 is 0 Å². The molecule has 1 fully saturated rings. The standard InChI is InChI=1S/C17H16N8O2/c1-10(6-25-21-7-20-22-25)23-8-18-14-5-13-15(4-12(14)16(23)26)19-9-24(17(13)27)11-2-3-11/h4-5,7-11H,2-3,6H2,1H3/t10-/m1/s1. The highest BCUT2D eigenvalue weighted by Crippen LogP contribution is 2.33. The Hall–Kier alpha value is -3.43. The summed E-state index contributed by atoms with van der Waals surface area (Å²) in [5, 5.41) is 12.4. The van der Waals surface area contributed by atoms with Gasteiger partial charge in [0, 0.05) is 6.04 Å². The Balaban J connectivity index is 1.63. The molecule has 27 heavy (non-hydrogen) atoms. The second-order valence-electron chi connectivity index (χ2n) is 6.87. The fraction of sp³-hybridized carbons (Fsp3) is 0.353. The van der Waals surface area contributed by atoms with Gasteiger partial charge in [0.15, 0.2) is 6.33 Å². The average molecular weight is 364 g/mol. The van der Waals surface area contributed by atoms with Crippen LogP contribution in [0.15, 0.2) is 40.7 Å². The number of aromatic nitrogens is 8. The van der Waals surface area contributed by atoms with Gasteiger partial charge in [0.1, 0.15) is 0 Å². The Morgan fingerprint density at radius 3 is 2.44 bits per heavy atom. The zero-order valence-electron chi connectivity index (χ0n) is 14.6. The number of rotatable bonds is 4. The quantitative estimate of drug-likeness (QED) is 0.489. The Morgan fingerprint density at radius 1 is 1.07 bits per heavy atom. The molecular formula is C17H16N8O2. The second-order valence-corrected chi connectivity index (χ2v) is 6.87. The van der Waals surface area contributed by atoms with Crippen molar-refractivity contribution in [1.82, 2.24) is 39.3 Å². The largest absolute Gasteiger partial charge is 0.296 e. The van der Waals surface area contributed by atoms with Crippen LogP contribution in [0.25, 0.3) is 21.8 Å². The number of benzene rings is 1. The SMILES string of the molecule is C[C@H](Cn1ncnn1)n1cnc2cc3c(=O)n(C4CC4)cnc3cc2c1=O. The highest BCUT2D eigenvalue weighted by atomic mass is 16.1. The summed E-state index contributed by atoms with van der Waals surface area (Å²) in [5.74, 6) is 0. The van der Waals surface area contributed by atoms with Gasteiger partial charge >= 0.3 is 0 Å². The lowest BCUT2D eigenvalue weighted by atomic mass is 10.1. The van der Waals surface area contributed by atoms with Gasteiger partial charge < -0.3 is 0 Å². The number of hydrogen-bond acceptors (Lipinski definition) is 7. The first kappa shape index (κ1) is 15.8. The molecule has 0 radical (unpaired) electrons. The van der Waals surface area contributed by atoms with E-state index in [-0.39, 0.29) is 23.2 Å². The molecule has 1 saturated carbocycles. The van der Waals surface area contributed by atoms with Crippen molar-refractivity contribution in [2.75, 3.05) is 0 Å². The third-order valence-electron chi connectivity index (χ3n) is 4.92. The van der Waals surface area contributed by atoms with Crippen molar-refractivity contribution in [3.05, 3.63) is 51.8 Å². The molecule has 10 heteroatoms. The van der Waals surface area contributed by atoms with Gasteiger partial charge in [0.2, 0.25) is 0 Å². The van der Waals surface area contributed by atoms with Crippen LogP contribution in [-0.4, -0.2) is 39.3 Å². The molecule has 0 N–H and O–H groups in total. The Bertz CT molecular complexity index is 1270. The fourth-order valence-corrected chi connectivity index (χ4v) is 3.29. The zero-order chi connectivity index (χ0) is 18.5. The van der Waals surface area contributed by atoms with E-state index in [1.54, 1.807) is 23.0 Å². The Labute approximate surface area is 152 Å². The number of hydrogen-bond donors (Lipinski definition) is 0. The van der Waals surface area contributed by atoms with Gasteiger partial charge in [-0.2, -0.15) is 4.80 Å². The van der Waals surface area contributed by atoms with Crippen LogP contribution in [0.4, 0.5) is 0 Å². The third kappa shape index (κ3) is 2.60. The molecule has 1 aromatic carbocycles. The summed E-state index contributed by atoms with van der Waals surface area (Å²) in [6, 6.07) is 3.34. The molecular weight excluding hydrogens is 348 g/mol.